The van der Waals surface area contributed by atoms with E-state index in [1.807, 2.05) is 30.3 Å². The topological polar surface area (TPSA) is 42.2 Å². The number of methoxy groups -OCH3 is 2. The van der Waals surface area contributed by atoms with Crippen LogP contribution in [0.25, 0.3) is 10.8 Å². The van der Waals surface area contributed by atoms with Gasteiger partial charge in [-0.1, -0.05) is 24.3 Å². The standard InChI is InChI=1S/C14H13NO2/c1-16-13-9-10(7-8-15)14(17-2)12-6-4-3-5-11(12)13/h3-6,9H,7H2,1-2H3. The van der Waals surface area contributed by atoms with Gasteiger partial charge in [0.05, 0.1) is 26.7 Å². The number of nitriles is 1. The van der Waals surface area contributed by atoms with Gasteiger partial charge in [0.25, 0.3) is 0 Å². The summed E-state index contributed by atoms with van der Waals surface area (Å²) >= 11 is 0. The maximum absolute atomic E-state index is 8.83. The summed E-state index contributed by atoms with van der Waals surface area (Å²) in [5.41, 5.74) is 0.852. The predicted octanol–water partition coefficient (Wildman–Crippen LogP) is 2.92. The van der Waals surface area contributed by atoms with E-state index in [1.54, 1.807) is 14.2 Å². The molecule has 0 aliphatic heterocycles. The zero-order chi connectivity index (χ0) is 12.3. The number of benzene rings is 2. The highest BCUT2D eigenvalue weighted by Gasteiger charge is 2.12. The fourth-order valence-corrected chi connectivity index (χ4v) is 2.00. The lowest BCUT2D eigenvalue weighted by Crippen LogP contribution is -1.95. The molecule has 0 aromatic heterocycles. The fraction of sp³-hybridized carbons (Fsp3) is 0.214. The van der Waals surface area contributed by atoms with Gasteiger partial charge in [-0.3, -0.25) is 0 Å². The summed E-state index contributed by atoms with van der Waals surface area (Å²) in [5, 5.41) is 10.8. The Kier molecular flexibility index (Phi) is 3.15. The molecule has 0 radical (unpaired) electrons. The molecule has 0 fully saturated rings. The molecule has 0 saturated carbocycles. The highest BCUT2D eigenvalue weighted by atomic mass is 16.5. The van der Waals surface area contributed by atoms with Crippen LogP contribution in [-0.2, 0) is 6.42 Å². The third-order valence-electron chi connectivity index (χ3n) is 2.73. The molecule has 0 N–H and O–H groups in total. The average molecular weight is 227 g/mol. The van der Waals surface area contributed by atoms with Gasteiger partial charge >= 0.3 is 0 Å². The lowest BCUT2D eigenvalue weighted by molar-refractivity contribution is 0.407. The molecule has 0 amide bonds. The number of hydrogen-bond acceptors (Lipinski definition) is 3. The van der Waals surface area contributed by atoms with Crippen molar-refractivity contribution in [3.05, 3.63) is 35.9 Å². The van der Waals surface area contributed by atoms with Crippen molar-refractivity contribution in [2.24, 2.45) is 0 Å². The van der Waals surface area contributed by atoms with Gasteiger partial charge < -0.3 is 9.47 Å². The summed E-state index contributed by atoms with van der Waals surface area (Å²) in [6, 6.07) is 11.9. The number of ether oxygens (including phenoxy) is 2. The molecule has 3 nitrogen and oxygen atoms in total. The largest absolute Gasteiger partial charge is 0.496 e. The molecular formula is C14H13NO2. The third-order valence-corrected chi connectivity index (χ3v) is 2.73. The Morgan fingerprint density at radius 1 is 1.12 bits per heavy atom. The van der Waals surface area contributed by atoms with E-state index in [2.05, 4.69) is 6.07 Å². The van der Waals surface area contributed by atoms with E-state index in [0.29, 0.717) is 6.42 Å². The summed E-state index contributed by atoms with van der Waals surface area (Å²) in [7, 11) is 3.25. The quantitative estimate of drug-likeness (QED) is 0.809. The minimum absolute atomic E-state index is 0.310. The number of hydrogen-bond donors (Lipinski definition) is 0. The number of fused-ring (bicyclic) bond motifs is 1. The molecule has 0 saturated heterocycles. The highest BCUT2D eigenvalue weighted by Crippen LogP contribution is 2.36. The van der Waals surface area contributed by atoms with Gasteiger partial charge in [-0.05, 0) is 6.07 Å². The summed E-state index contributed by atoms with van der Waals surface area (Å²) in [6.45, 7) is 0. The van der Waals surface area contributed by atoms with Crippen LogP contribution in [0, 0.1) is 11.3 Å². The Balaban J connectivity index is 2.80. The Bertz CT molecular complexity index is 585. The van der Waals surface area contributed by atoms with E-state index in [-0.39, 0.29) is 0 Å². The van der Waals surface area contributed by atoms with Crippen LogP contribution in [0.4, 0.5) is 0 Å². The minimum Gasteiger partial charge on any atom is -0.496 e. The van der Waals surface area contributed by atoms with E-state index in [9.17, 15) is 0 Å². The second-order valence-electron chi connectivity index (χ2n) is 3.65. The summed E-state index contributed by atoms with van der Waals surface area (Å²) in [4.78, 5) is 0. The summed E-state index contributed by atoms with van der Waals surface area (Å²) in [5.74, 6) is 1.52. The second-order valence-corrected chi connectivity index (χ2v) is 3.65. The Morgan fingerprint density at radius 2 is 1.82 bits per heavy atom. The monoisotopic (exact) mass is 227 g/mol. The first-order chi connectivity index (χ1) is 8.31. The molecule has 86 valence electrons. The Morgan fingerprint density at radius 3 is 2.41 bits per heavy atom. The molecule has 0 bridgehead atoms. The molecule has 0 spiro atoms. The lowest BCUT2D eigenvalue weighted by atomic mass is 10.0. The molecule has 2 rings (SSSR count). The first kappa shape index (κ1) is 11.3. The van der Waals surface area contributed by atoms with Gasteiger partial charge in [-0.25, -0.2) is 0 Å². The highest BCUT2D eigenvalue weighted by molar-refractivity contribution is 5.94. The van der Waals surface area contributed by atoms with Crippen molar-refractivity contribution in [3.8, 4) is 17.6 Å². The van der Waals surface area contributed by atoms with Crippen LogP contribution in [0.3, 0.4) is 0 Å². The van der Waals surface area contributed by atoms with Crippen LogP contribution in [0.5, 0.6) is 11.5 Å². The zero-order valence-corrected chi connectivity index (χ0v) is 9.86. The van der Waals surface area contributed by atoms with Crippen LogP contribution in [0.2, 0.25) is 0 Å². The van der Waals surface area contributed by atoms with Crippen LogP contribution in [0.15, 0.2) is 30.3 Å². The van der Waals surface area contributed by atoms with Gasteiger partial charge in [-0.2, -0.15) is 5.26 Å². The van der Waals surface area contributed by atoms with Crippen molar-refractivity contribution in [2.45, 2.75) is 6.42 Å². The van der Waals surface area contributed by atoms with Crippen LogP contribution in [-0.4, -0.2) is 14.2 Å². The van der Waals surface area contributed by atoms with Crippen molar-refractivity contribution < 1.29 is 9.47 Å². The Labute approximate surface area is 100 Å². The van der Waals surface area contributed by atoms with Crippen LogP contribution >= 0.6 is 0 Å². The Hall–Kier alpha value is -2.21. The first-order valence-electron chi connectivity index (χ1n) is 5.31. The molecule has 0 atom stereocenters. The molecule has 3 heteroatoms. The smallest absolute Gasteiger partial charge is 0.131 e. The van der Waals surface area contributed by atoms with Crippen LogP contribution in [0.1, 0.15) is 5.56 Å². The van der Waals surface area contributed by atoms with E-state index in [0.717, 1.165) is 27.8 Å². The van der Waals surface area contributed by atoms with Gasteiger partial charge in [-0.15, -0.1) is 0 Å². The van der Waals surface area contributed by atoms with Crippen molar-refractivity contribution in [3.63, 3.8) is 0 Å². The maximum Gasteiger partial charge on any atom is 0.131 e. The van der Waals surface area contributed by atoms with E-state index < -0.39 is 0 Å². The van der Waals surface area contributed by atoms with Gasteiger partial charge in [0, 0.05) is 16.3 Å². The average Bonchev–Trinajstić information content (AvgIpc) is 2.38. The van der Waals surface area contributed by atoms with Gasteiger partial charge in [0.2, 0.25) is 0 Å². The lowest BCUT2D eigenvalue weighted by Gasteiger charge is -2.13. The van der Waals surface area contributed by atoms with Crippen LogP contribution < -0.4 is 9.47 Å². The molecule has 2 aromatic rings. The normalized spacial score (nSPS) is 9.94. The molecular weight excluding hydrogens is 214 g/mol. The van der Waals surface area contributed by atoms with Crippen molar-refractivity contribution in [1.82, 2.24) is 0 Å². The predicted molar refractivity (Wildman–Crippen MR) is 66.4 cm³/mol. The molecule has 2 aromatic carbocycles. The number of rotatable bonds is 3. The fourth-order valence-electron chi connectivity index (χ4n) is 2.00. The first-order valence-corrected chi connectivity index (χ1v) is 5.31. The van der Waals surface area contributed by atoms with Gasteiger partial charge in [0.15, 0.2) is 0 Å². The summed E-state index contributed by atoms with van der Waals surface area (Å²) < 4.78 is 10.8. The number of nitrogens with zero attached hydrogens (tertiary/aromatic N) is 1. The SMILES string of the molecule is COc1cc(CC#N)c(OC)c2ccccc12. The molecule has 0 aliphatic carbocycles. The van der Waals surface area contributed by atoms with Crippen molar-refractivity contribution in [1.29, 1.82) is 5.26 Å². The molecule has 0 unspecified atom stereocenters. The minimum atomic E-state index is 0.310. The zero-order valence-electron chi connectivity index (χ0n) is 9.86. The van der Waals surface area contributed by atoms with E-state index >= 15 is 0 Å². The maximum atomic E-state index is 8.83. The van der Waals surface area contributed by atoms with Crippen molar-refractivity contribution >= 4 is 10.8 Å². The molecule has 0 heterocycles. The molecule has 0 aliphatic rings. The summed E-state index contributed by atoms with van der Waals surface area (Å²) in [6.07, 6.45) is 0.310. The molecule has 17 heavy (non-hydrogen) atoms. The second kappa shape index (κ2) is 4.75. The van der Waals surface area contributed by atoms with E-state index in [1.165, 1.54) is 0 Å². The van der Waals surface area contributed by atoms with Crippen molar-refractivity contribution in [2.75, 3.05) is 14.2 Å². The third kappa shape index (κ3) is 1.90. The van der Waals surface area contributed by atoms with E-state index in [4.69, 9.17) is 14.7 Å². The van der Waals surface area contributed by atoms with Gasteiger partial charge in [0.1, 0.15) is 11.5 Å².